The molecular weight excluding hydrogens is 188 g/mol. The second-order valence-corrected chi connectivity index (χ2v) is 3.64. The first-order chi connectivity index (χ1) is 7.20. The topological polar surface area (TPSA) is 34.9 Å². The summed E-state index contributed by atoms with van der Waals surface area (Å²) in [6, 6.07) is 5.74. The first-order valence-electron chi connectivity index (χ1n) is 4.78. The molecule has 2 aromatic rings. The predicted molar refractivity (Wildman–Crippen MR) is 58.4 cm³/mol. The summed E-state index contributed by atoms with van der Waals surface area (Å²) in [5.74, 6) is 0. The SMILES string of the molecule is Cc1ccc(-n2cc(C)cn2)c(C=O)c1. The molecule has 0 aliphatic carbocycles. The predicted octanol–water partition coefficient (Wildman–Crippen LogP) is 2.30. The Balaban J connectivity index is 2.57. The van der Waals surface area contributed by atoms with Gasteiger partial charge >= 0.3 is 0 Å². The highest BCUT2D eigenvalue weighted by Gasteiger charge is 2.04. The first-order valence-corrected chi connectivity index (χ1v) is 4.78. The average Bonchev–Trinajstić information content (AvgIpc) is 2.64. The third-order valence-corrected chi connectivity index (χ3v) is 2.27. The molecule has 3 nitrogen and oxygen atoms in total. The van der Waals surface area contributed by atoms with E-state index >= 15 is 0 Å². The van der Waals surface area contributed by atoms with Crippen molar-refractivity contribution in [1.82, 2.24) is 9.78 Å². The number of hydrogen-bond donors (Lipinski definition) is 0. The summed E-state index contributed by atoms with van der Waals surface area (Å²) in [5.41, 5.74) is 3.64. The van der Waals surface area contributed by atoms with Crippen molar-refractivity contribution < 1.29 is 4.79 Å². The van der Waals surface area contributed by atoms with Gasteiger partial charge < -0.3 is 0 Å². The maximum absolute atomic E-state index is 10.9. The monoisotopic (exact) mass is 200 g/mol. The number of rotatable bonds is 2. The van der Waals surface area contributed by atoms with Crippen LogP contribution < -0.4 is 0 Å². The van der Waals surface area contributed by atoms with Gasteiger partial charge in [0, 0.05) is 11.8 Å². The smallest absolute Gasteiger partial charge is 0.152 e. The van der Waals surface area contributed by atoms with Crippen LogP contribution in [0, 0.1) is 13.8 Å². The van der Waals surface area contributed by atoms with Gasteiger partial charge in [0.05, 0.1) is 11.9 Å². The summed E-state index contributed by atoms with van der Waals surface area (Å²) in [4.78, 5) is 10.9. The summed E-state index contributed by atoms with van der Waals surface area (Å²) in [7, 11) is 0. The molecule has 0 bridgehead atoms. The molecule has 1 aromatic heterocycles. The fourth-order valence-electron chi connectivity index (χ4n) is 1.52. The molecule has 0 fully saturated rings. The van der Waals surface area contributed by atoms with E-state index in [0.29, 0.717) is 5.56 Å². The van der Waals surface area contributed by atoms with Gasteiger partial charge in [-0.25, -0.2) is 4.68 Å². The Morgan fingerprint density at radius 2 is 2.07 bits per heavy atom. The van der Waals surface area contributed by atoms with Gasteiger partial charge in [-0.3, -0.25) is 4.79 Å². The Hall–Kier alpha value is -1.90. The Morgan fingerprint density at radius 3 is 2.67 bits per heavy atom. The van der Waals surface area contributed by atoms with Gasteiger partial charge in [0.25, 0.3) is 0 Å². The molecule has 15 heavy (non-hydrogen) atoms. The van der Waals surface area contributed by atoms with Crippen molar-refractivity contribution in [3.05, 3.63) is 47.3 Å². The van der Waals surface area contributed by atoms with Crippen LogP contribution in [-0.2, 0) is 0 Å². The van der Waals surface area contributed by atoms with Gasteiger partial charge in [-0.15, -0.1) is 0 Å². The lowest BCUT2D eigenvalue weighted by molar-refractivity contribution is 0.112. The zero-order chi connectivity index (χ0) is 10.8. The molecule has 0 unspecified atom stereocenters. The lowest BCUT2D eigenvalue weighted by Gasteiger charge is -2.05. The highest BCUT2D eigenvalue weighted by Crippen LogP contribution is 2.14. The van der Waals surface area contributed by atoms with Gasteiger partial charge in [0.15, 0.2) is 6.29 Å². The molecule has 76 valence electrons. The van der Waals surface area contributed by atoms with Crippen LogP contribution in [-0.4, -0.2) is 16.1 Å². The molecule has 1 aromatic carbocycles. The van der Waals surface area contributed by atoms with Gasteiger partial charge in [0.2, 0.25) is 0 Å². The Bertz CT molecular complexity index is 500. The molecule has 0 aliphatic rings. The van der Waals surface area contributed by atoms with Gasteiger partial charge in [-0.2, -0.15) is 5.10 Å². The molecule has 0 spiro atoms. The van der Waals surface area contributed by atoms with Crippen LogP contribution in [0.15, 0.2) is 30.6 Å². The molecule has 0 amide bonds. The molecule has 0 radical (unpaired) electrons. The van der Waals surface area contributed by atoms with Crippen LogP contribution >= 0.6 is 0 Å². The van der Waals surface area contributed by atoms with Crippen LogP contribution in [0.1, 0.15) is 21.5 Å². The van der Waals surface area contributed by atoms with E-state index in [2.05, 4.69) is 5.10 Å². The standard InChI is InChI=1S/C12H12N2O/c1-9-3-4-12(11(5-9)8-15)14-7-10(2)6-13-14/h3-8H,1-2H3. The summed E-state index contributed by atoms with van der Waals surface area (Å²) >= 11 is 0. The number of nitrogens with zero attached hydrogens (tertiary/aromatic N) is 2. The second kappa shape index (κ2) is 3.69. The zero-order valence-electron chi connectivity index (χ0n) is 8.77. The van der Waals surface area contributed by atoms with Crippen LogP contribution in [0.3, 0.4) is 0 Å². The van der Waals surface area contributed by atoms with Crippen molar-refractivity contribution >= 4 is 6.29 Å². The number of carbonyl (C=O) groups excluding carboxylic acids is 1. The highest BCUT2D eigenvalue weighted by molar-refractivity contribution is 5.81. The van der Waals surface area contributed by atoms with E-state index in [-0.39, 0.29) is 0 Å². The molecule has 2 rings (SSSR count). The molecule has 0 saturated carbocycles. The number of aldehydes is 1. The molecular formula is C12H12N2O. The first kappa shape index (κ1) is 9.65. The largest absolute Gasteiger partial charge is 0.298 e. The third kappa shape index (κ3) is 1.81. The second-order valence-electron chi connectivity index (χ2n) is 3.64. The van der Waals surface area contributed by atoms with Crippen molar-refractivity contribution in [2.75, 3.05) is 0 Å². The van der Waals surface area contributed by atoms with E-state index in [1.807, 2.05) is 38.2 Å². The lowest BCUT2D eigenvalue weighted by Crippen LogP contribution is -1.99. The summed E-state index contributed by atoms with van der Waals surface area (Å²) in [6.45, 7) is 3.93. The summed E-state index contributed by atoms with van der Waals surface area (Å²) in [6.07, 6.45) is 4.53. The summed E-state index contributed by atoms with van der Waals surface area (Å²) in [5, 5.41) is 4.18. The zero-order valence-corrected chi connectivity index (χ0v) is 8.77. The lowest BCUT2D eigenvalue weighted by atomic mass is 10.1. The fourth-order valence-corrected chi connectivity index (χ4v) is 1.52. The van der Waals surface area contributed by atoms with Crippen LogP contribution in [0.2, 0.25) is 0 Å². The molecule has 0 atom stereocenters. The number of aryl methyl sites for hydroxylation is 2. The molecule has 0 saturated heterocycles. The van der Waals surface area contributed by atoms with E-state index in [9.17, 15) is 4.79 Å². The molecule has 0 aliphatic heterocycles. The number of aromatic nitrogens is 2. The fraction of sp³-hybridized carbons (Fsp3) is 0.167. The third-order valence-electron chi connectivity index (χ3n) is 2.27. The maximum atomic E-state index is 10.9. The van der Waals surface area contributed by atoms with E-state index in [0.717, 1.165) is 23.1 Å². The Morgan fingerprint density at radius 1 is 1.27 bits per heavy atom. The quantitative estimate of drug-likeness (QED) is 0.697. The van der Waals surface area contributed by atoms with Crippen LogP contribution in [0.4, 0.5) is 0 Å². The number of benzene rings is 1. The van der Waals surface area contributed by atoms with Crippen molar-refractivity contribution in [2.45, 2.75) is 13.8 Å². The van der Waals surface area contributed by atoms with Crippen molar-refractivity contribution in [2.24, 2.45) is 0 Å². The Labute approximate surface area is 88.4 Å². The van der Waals surface area contributed by atoms with E-state index in [1.165, 1.54) is 0 Å². The van der Waals surface area contributed by atoms with Crippen LogP contribution in [0.5, 0.6) is 0 Å². The van der Waals surface area contributed by atoms with Crippen molar-refractivity contribution in [3.63, 3.8) is 0 Å². The average molecular weight is 200 g/mol. The molecule has 1 heterocycles. The Kier molecular flexibility index (Phi) is 2.37. The summed E-state index contributed by atoms with van der Waals surface area (Å²) < 4.78 is 1.72. The van der Waals surface area contributed by atoms with Gasteiger partial charge in [0.1, 0.15) is 0 Å². The van der Waals surface area contributed by atoms with Crippen LogP contribution in [0.25, 0.3) is 5.69 Å². The highest BCUT2D eigenvalue weighted by atomic mass is 16.1. The van der Waals surface area contributed by atoms with Gasteiger partial charge in [-0.05, 0) is 31.5 Å². The number of hydrogen-bond acceptors (Lipinski definition) is 2. The van der Waals surface area contributed by atoms with Crippen molar-refractivity contribution in [1.29, 1.82) is 0 Å². The minimum atomic E-state index is 0.665. The molecule has 3 heteroatoms. The van der Waals surface area contributed by atoms with Crippen molar-refractivity contribution in [3.8, 4) is 5.69 Å². The maximum Gasteiger partial charge on any atom is 0.152 e. The van der Waals surface area contributed by atoms with E-state index in [4.69, 9.17) is 0 Å². The van der Waals surface area contributed by atoms with Gasteiger partial charge in [-0.1, -0.05) is 11.6 Å². The molecule has 0 N–H and O–H groups in total. The minimum Gasteiger partial charge on any atom is -0.298 e. The minimum absolute atomic E-state index is 0.665. The van der Waals surface area contributed by atoms with E-state index in [1.54, 1.807) is 10.9 Å². The normalized spacial score (nSPS) is 10.3. The van der Waals surface area contributed by atoms with E-state index < -0.39 is 0 Å². The number of carbonyl (C=O) groups is 1.